The van der Waals surface area contributed by atoms with E-state index in [0.29, 0.717) is 12.1 Å². The number of rotatable bonds is 18. The Morgan fingerprint density at radius 1 is 0.343 bits per heavy atom. The van der Waals surface area contributed by atoms with Crippen molar-refractivity contribution in [3.05, 3.63) is 212 Å². The summed E-state index contributed by atoms with van der Waals surface area (Å²) >= 11 is 0. The highest BCUT2D eigenvalue weighted by Gasteiger charge is 2.67. The molecular formula is C53H66O8Si9. The predicted molar refractivity (Wildman–Crippen MR) is 305 cm³/mol. The lowest BCUT2D eigenvalue weighted by atomic mass is 10.4. The van der Waals surface area contributed by atoms with E-state index in [9.17, 15) is 0 Å². The first-order valence-electron chi connectivity index (χ1n) is 24.1. The van der Waals surface area contributed by atoms with Gasteiger partial charge in [0.1, 0.15) is 0 Å². The van der Waals surface area contributed by atoms with E-state index in [2.05, 4.69) is 271 Å². The fraction of sp³-hybridized carbons (Fsp3) is 0.208. The topological polar surface area (TPSA) is 73.8 Å². The van der Waals surface area contributed by atoms with Crippen LogP contribution in [0, 0.1) is 0 Å². The molecule has 0 aliphatic carbocycles. The van der Waals surface area contributed by atoms with E-state index in [1.807, 2.05) is 0 Å². The van der Waals surface area contributed by atoms with Crippen LogP contribution in [0.1, 0.15) is 0 Å². The monoisotopic (exact) mass is 1080 g/mol. The molecule has 0 saturated carbocycles. The van der Waals surface area contributed by atoms with Crippen LogP contribution in [0.2, 0.25) is 71.0 Å². The van der Waals surface area contributed by atoms with Gasteiger partial charge in [0.2, 0.25) is 0 Å². The number of benzene rings is 7. The molecule has 0 spiro atoms. The molecule has 8 nitrogen and oxygen atoms in total. The zero-order chi connectivity index (χ0) is 49.5. The van der Waals surface area contributed by atoms with Gasteiger partial charge in [-0.05, 0) is 107 Å². The van der Waals surface area contributed by atoms with Crippen LogP contribution in [-0.2, 0) is 32.9 Å². The number of hydrogen-bond donors (Lipinski definition) is 0. The minimum absolute atomic E-state index is 0.481. The summed E-state index contributed by atoms with van der Waals surface area (Å²) < 4.78 is 62.8. The van der Waals surface area contributed by atoms with Gasteiger partial charge in [-0.1, -0.05) is 212 Å². The highest BCUT2D eigenvalue weighted by atomic mass is 28.5. The average molecular weight is 1080 g/mol. The molecule has 1 aliphatic rings. The van der Waals surface area contributed by atoms with Gasteiger partial charge in [0.15, 0.2) is 18.1 Å². The highest BCUT2D eigenvalue weighted by molar-refractivity contribution is 7.14. The summed E-state index contributed by atoms with van der Waals surface area (Å²) in [5, 5.41) is 6.73. The highest BCUT2D eigenvalue weighted by Crippen LogP contribution is 2.37. The Bertz CT molecular complexity index is 2500. The van der Waals surface area contributed by atoms with Crippen LogP contribution in [-0.4, -0.2) is 78.0 Å². The summed E-state index contributed by atoms with van der Waals surface area (Å²) in [4.78, 5) is 0. The first-order valence-corrected chi connectivity index (χ1v) is 44.5. The molecule has 1 saturated heterocycles. The Balaban J connectivity index is 1.47. The summed E-state index contributed by atoms with van der Waals surface area (Å²) in [5.74, 6) is 0. The lowest BCUT2D eigenvalue weighted by Crippen LogP contribution is -2.86. The van der Waals surface area contributed by atoms with Crippen LogP contribution < -0.4 is 36.3 Å². The van der Waals surface area contributed by atoms with E-state index in [-0.39, 0.29) is 0 Å². The summed E-state index contributed by atoms with van der Waals surface area (Å²) in [7, 11) is -26.8. The van der Waals surface area contributed by atoms with Crippen LogP contribution in [0.25, 0.3) is 0 Å². The SMILES string of the molecule is C[Si](C)O[Si](C)(C)O[Si](C)(C)O[Si](C)(CC[Si]1(c2ccccc2)O[Si](c2ccccc2)(c2ccccc2)O[Si](c2ccccc2)(c2ccccc2)O[Si](c2ccccc2)(c2ccccc2)O1)O[Si](C)C. The lowest BCUT2D eigenvalue weighted by molar-refractivity contribution is 0.258. The molecule has 362 valence electrons. The van der Waals surface area contributed by atoms with E-state index in [1.54, 1.807) is 0 Å². The first-order chi connectivity index (χ1) is 33.5. The van der Waals surface area contributed by atoms with Crippen molar-refractivity contribution >= 4 is 114 Å². The van der Waals surface area contributed by atoms with Gasteiger partial charge in [-0.3, -0.25) is 0 Å². The van der Waals surface area contributed by atoms with Gasteiger partial charge in [0.25, 0.3) is 0 Å². The normalized spacial score (nSPS) is 17.6. The molecule has 1 atom stereocenters. The second-order valence-electron chi connectivity index (χ2n) is 19.2. The molecule has 8 rings (SSSR count). The molecule has 1 fully saturated rings. The van der Waals surface area contributed by atoms with Crippen molar-refractivity contribution in [3.63, 3.8) is 0 Å². The molecule has 0 amide bonds. The van der Waals surface area contributed by atoms with E-state index >= 15 is 0 Å². The summed E-state index contributed by atoms with van der Waals surface area (Å²) in [6.07, 6.45) is 0. The minimum atomic E-state index is -4.01. The van der Waals surface area contributed by atoms with Crippen LogP contribution in [0.5, 0.6) is 0 Å². The van der Waals surface area contributed by atoms with E-state index in [4.69, 9.17) is 32.9 Å². The second-order valence-corrected chi connectivity index (χ2v) is 47.5. The molecule has 17 heteroatoms. The Morgan fingerprint density at radius 2 is 0.614 bits per heavy atom. The standard InChI is InChI=1S/C53H66O8Si9/c1-62(2)54-64(5,6)56-65(7,8)57-66(9,55-63(3)4)45-46-67(47-31-17-10-18-32-47)58-68(48-33-19-11-20-34-48,49-35-21-12-22-36-49)60-70(52-41-27-15-28-42-52,53-43-29-16-30-44-53)61-69(59-67,50-37-23-13-24-38-50)51-39-25-14-26-40-51/h10-44H,45-46H2,1-9H3. The zero-order valence-electron chi connectivity index (χ0n) is 41.9. The third-order valence-corrected chi connectivity index (χ3v) is 46.5. The van der Waals surface area contributed by atoms with Crippen molar-refractivity contribution in [1.29, 1.82) is 0 Å². The molecule has 2 radical (unpaired) electrons. The van der Waals surface area contributed by atoms with Gasteiger partial charge < -0.3 is 32.9 Å². The number of hydrogen-bond acceptors (Lipinski definition) is 8. The predicted octanol–water partition coefficient (Wildman–Crippen LogP) is 8.23. The van der Waals surface area contributed by atoms with Gasteiger partial charge in [-0.2, -0.15) is 0 Å². The summed E-state index contributed by atoms with van der Waals surface area (Å²) in [5.41, 5.74) is 0. The lowest BCUT2D eigenvalue weighted by Gasteiger charge is -2.54. The largest absolute Gasteiger partial charge is 0.437 e. The minimum Gasteiger partial charge on any atom is -0.437 e. The van der Waals surface area contributed by atoms with Crippen LogP contribution in [0.15, 0.2) is 212 Å². The van der Waals surface area contributed by atoms with Gasteiger partial charge in [-0.15, -0.1) is 0 Å². The van der Waals surface area contributed by atoms with E-state index in [0.717, 1.165) is 36.3 Å². The molecule has 7 aromatic rings. The molecule has 1 heterocycles. The smallest absolute Gasteiger partial charge is 0.390 e. The third kappa shape index (κ3) is 11.8. The van der Waals surface area contributed by atoms with Gasteiger partial charge >= 0.3 is 59.9 Å². The zero-order valence-corrected chi connectivity index (χ0v) is 50.9. The molecule has 70 heavy (non-hydrogen) atoms. The fourth-order valence-corrected chi connectivity index (χ4v) is 53.9. The molecule has 0 aromatic heterocycles. The second kappa shape index (κ2) is 22.1. The van der Waals surface area contributed by atoms with Crippen molar-refractivity contribution in [2.75, 3.05) is 0 Å². The molecule has 0 bridgehead atoms. The molecular weight excluding hydrogens is 1020 g/mol. The quantitative estimate of drug-likeness (QED) is 0.0798. The molecule has 0 N–H and O–H groups in total. The molecule has 7 aromatic carbocycles. The Hall–Kier alpha value is -3.83. The van der Waals surface area contributed by atoms with Gasteiger partial charge in [0, 0.05) is 0 Å². The van der Waals surface area contributed by atoms with E-state index in [1.165, 1.54) is 0 Å². The molecule has 1 unspecified atom stereocenters. The maximum atomic E-state index is 8.69. The summed E-state index contributed by atoms with van der Waals surface area (Å²) in [6.45, 7) is 19.5. The van der Waals surface area contributed by atoms with E-state index < -0.39 is 78.0 Å². The van der Waals surface area contributed by atoms with Crippen molar-refractivity contribution in [2.24, 2.45) is 0 Å². The van der Waals surface area contributed by atoms with Crippen LogP contribution in [0.4, 0.5) is 0 Å². The fourth-order valence-electron chi connectivity index (χ4n) is 9.75. The maximum absolute atomic E-state index is 8.69. The van der Waals surface area contributed by atoms with Crippen molar-refractivity contribution in [2.45, 2.75) is 71.0 Å². The third-order valence-electron chi connectivity index (χ3n) is 12.1. The van der Waals surface area contributed by atoms with Crippen molar-refractivity contribution in [1.82, 2.24) is 0 Å². The Kier molecular flexibility index (Phi) is 16.6. The maximum Gasteiger partial charge on any atom is 0.390 e. The summed E-state index contributed by atoms with van der Waals surface area (Å²) in [6, 6.07) is 75.1. The van der Waals surface area contributed by atoms with Gasteiger partial charge in [-0.25, -0.2) is 0 Å². The molecule has 1 aliphatic heterocycles. The van der Waals surface area contributed by atoms with Crippen molar-refractivity contribution < 1.29 is 32.9 Å². The van der Waals surface area contributed by atoms with Crippen LogP contribution in [0.3, 0.4) is 0 Å². The first kappa shape index (κ1) is 52.5. The van der Waals surface area contributed by atoms with Crippen LogP contribution >= 0.6 is 0 Å². The van der Waals surface area contributed by atoms with Gasteiger partial charge in [0.05, 0.1) is 0 Å². The Morgan fingerprint density at radius 3 is 0.900 bits per heavy atom. The van der Waals surface area contributed by atoms with Crippen molar-refractivity contribution in [3.8, 4) is 0 Å². The Labute approximate surface area is 427 Å². The average Bonchev–Trinajstić information content (AvgIpc) is 3.35.